The molecule has 0 unspecified atom stereocenters. The molecule has 12 heterocycles. The number of nitrogen functional groups attached to an aromatic ring is 1. The van der Waals surface area contributed by atoms with E-state index in [0.717, 1.165) is 64.5 Å². The van der Waals surface area contributed by atoms with Gasteiger partial charge in [0.1, 0.15) is 93.7 Å². The average Bonchev–Trinajstić information content (AvgIpc) is 1.68. The maximum atomic E-state index is 12.3. The molecule has 0 aliphatic rings. The molecule has 4 aromatic carbocycles. The summed E-state index contributed by atoms with van der Waals surface area (Å²) in [7, 11) is 0. The van der Waals surface area contributed by atoms with Crippen molar-refractivity contribution in [3.63, 3.8) is 0 Å². The number of nitrogens with zero attached hydrogens (tertiary/aromatic N) is 27. The Morgan fingerprint density at radius 1 is 0.385 bits per heavy atom. The Balaban J connectivity index is 0.000000157. The van der Waals surface area contributed by atoms with Crippen LogP contribution in [0.1, 0.15) is 41.8 Å². The van der Waals surface area contributed by atoms with Crippen molar-refractivity contribution < 1.29 is 19.2 Å². The highest BCUT2D eigenvalue weighted by Crippen LogP contribution is 2.31. The second-order valence-electron chi connectivity index (χ2n) is 27.1. The van der Waals surface area contributed by atoms with Gasteiger partial charge in [0, 0.05) is 142 Å². The first-order valence-electron chi connectivity index (χ1n) is 39.7. The van der Waals surface area contributed by atoms with E-state index in [0.29, 0.717) is 184 Å². The number of nitrogens with one attached hydrogen (secondary N) is 11. The molecule has 688 valence electrons. The van der Waals surface area contributed by atoms with Gasteiger partial charge in [0.25, 0.3) is 0 Å². The van der Waals surface area contributed by atoms with Crippen molar-refractivity contribution in [3.05, 3.63) is 220 Å². The normalized spacial score (nSPS) is 10.5. The lowest BCUT2D eigenvalue weighted by molar-refractivity contribution is 0.261. The number of rotatable bonds is 31. The van der Waals surface area contributed by atoms with Gasteiger partial charge < -0.3 is 54.4 Å². The zero-order valence-electron chi connectivity index (χ0n) is 70.0. The summed E-state index contributed by atoms with van der Waals surface area (Å²) in [5.74, 6) is 3.36. The number of hydrogen-bond donors (Lipinski definition) is 14. The highest BCUT2D eigenvalue weighted by Gasteiger charge is 2.19. The number of aromatic nitrogens is 20. The summed E-state index contributed by atoms with van der Waals surface area (Å²) in [6.07, 6.45) is 22.1. The lowest BCUT2D eigenvalue weighted by atomic mass is 10.2. The number of nitriles is 4. The van der Waals surface area contributed by atoms with Crippen LogP contribution in [0.4, 0.5) is 85.7 Å². The van der Waals surface area contributed by atoms with Crippen molar-refractivity contribution >= 4 is 250 Å². The van der Waals surface area contributed by atoms with Crippen LogP contribution in [0.15, 0.2) is 153 Å². The Hall–Kier alpha value is -15.2. The quantitative estimate of drug-likeness (QED) is 0.00830. The number of anilines is 12. The first kappa shape index (κ1) is 98.8. The number of fused-ring (bicyclic) bond motifs is 4. The SMILES string of the molecule is N#Cc1ccc(NC(=O)Nc2ncc(CCN)s2)cc1Cl.N#Cc1ccc(NC(=O)Nc2ncc(CCNc3ncnc4cnn(CCCl)c34)s2)cc1Cl.N#Cc1ccc(NC(=O)Nc2ncc(CCNc3ncnc4cnn(CCN)c34)s2)cc1Cl.N#Cc1ccc(NC(=O)Nc2ncc(CCNc3ncnc4cnn(CCN=[N+]=[N-])c34)s2)cc1Cl.Nc1ncnc2cnn(CCCl)c12. The lowest BCUT2D eigenvalue weighted by Crippen LogP contribution is -2.19. The highest BCUT2D eigenvalue weighted by atomic mass is 35.5. The topological polar surface area (TPSA) is 649 Å². The van der Waals surface area contributed by atoms with Crippen molar-refractivity contribution in [1.82, 2.24) is 98.9 Å². The molecule has 16 aromatic rings. The third-order valence-electron chi connectivity index (χ3n) is 18.0. The van der Waals surface area contributed by atoms with Crippen LogP contribution >= 0.6 is 115 Å². The van der Waals surface area contributed by atoms with Gasteiger partial charge in [-0.15, -0.1) is 68.5 Å². The number of carbonyl (C=O) groups excluding carboxylic acids is 4. The number of thiazole rings is 4. The van der Waals surface area contributed by atoms with E-state index in [1.54, 1.807) is 111 Å². The van der Waals surface area contributed by atoms with E-state index in [4.69, 9.17) is 113 Å². The molecule has 17 N–H and O–H groups in total. The standard InChI is InChI=1S/C20H17Cl2N9OS.C20H17ClN12OS.C20H19ClN10OS.C13H12ClN5OS.C7H8ClN5/c21-4-6-31-17-16(10-28-31)26-11-27-18(17)24-5-3-14-9-25-20(33-14)30-19(32)29-13-2-1-12(8-23)15(22)7-13;21-15-7-13(2-1-12(15)8-22)30-19(34)31-20-25-9-14(35-20)3-4-24-18-17-16(26-11-27-18)10-29-33(17)6-5-28-32-23;21-15-7-13(2-1-12(15)8-23)29-19(32)30-20-25-9-14(33-20)3-5-24-18-17-16(26-11-27-18)10-28-31(17)6-4-22;14-11-5-9(2-1-8(11)6-16)18-12(20)19-13-17-7-10(21-13)3-4-15;8-1-2-13-6-5(3-12-13)10-4-11-7(6)9/h1-2,7,9-11H,3-6H2,(H,24,26,27)(H2,25,29,30,32);1-2,7,9-11H,3-6H2,(H,24,26,27)(H2,25,30,31,34);1-2,7,9-11H,3-6,22H2,(H,24,26,27)(H2,25,29,30,32);1-2,5,7H,3-4,15H2,(H2,17,18,19,20);3-4H,1-2H2,(H2,9,10,11). The number of amides is 8. The number of aryl methyl sites for hydroxylation is 2. The Bertz CT molecular complexity index is 6880. The summed E-state index contributed by atoms with van der Waals surface area (Å²) in [5, 5.41) is 90.2. The van der Waals surface area contributed by atoms with Crippen molar-refractivity contribution in [3.8, 4) is 24.3 Å². The summed E-state index contributed by atoms with van der Waals surface area (Å²) < 4.78 is 6.96. The van der Waals surface area contributed by atoms with E-state index in [1.807, 2.05) is 24.3 Å². The Morgan fingerprint density at radius 3 is 0.978 bits per heavy atom. The summed E-state index contributed by atoms with van der Waals surface area (Å²) in [6.45, 7) is 5.21. The van der Waals surface area contributed by atoms with E-state index in [1.165, 1.54) is 101 Å². The van der Waals surface area contributed by atoms with Gasteiger partial charge >= 0.3 is 24.1 Å². The van der Waals surface area contributed by atoms with Crippen LogP contribution in [0.3, 0.4) is 0 Å². The van der Waals surface area contributed by atoms with Gasteiger partial charge in [0.05, 0.1) is 86.8 Å². The molecular weight excluding hydrogens is 1940 g/mol. The van der Waals surface area contributed by atoms with Gasteiger partial charge in [-0.05, 0) is 91.3 Å². The van der Waals surface area contributed by atoms with Gasteiger partial charge in [0.15, 0.2) is 43.8 Å². The van der Waals surface area contributed by atoms with Crippen LogP contribution in [0, 0.1) is 45.3 Å². The number of alkyl halides is 2. The molecule has 45 nitrogen and oxygen atoms in total. The molecule has 0 radical (unpaired) electrons. The van der Waals surface area contributed by atoms with E-state index < -0.39 is 24.1 Å². The molecule has 0 bridgehead atoms. The lowest BCUT2D eigenvalue weighted by Gasteiger charge is -2.08. The van der Waals surface area contributed by atoms with Crippen molar-refractivity contribution in [2.24, 2.45) is 16.6 Å². The molecule has 55 heteroatoms. The molecular formula is C80H73Cl6N41O4S4. The fraction of sp³-hybridized carbons (Fsp3) is 0.200. The van der Waals surface area contributed by atoms with Crippen LogP contribution in [0.5, 0.6) is 0 Å². The molecule has 0 atom stereocenters. The predicted octanol–water partition coefficient (Wildman–Crippen LogP) is 15.3. The van der Waals surface area contributed by atoms with E-state index in [-0.39, 0.29) is 26.6 Å². The zero-order valence-corrected chi connectivity index (χ0v) is 77.8. The summed E-state index contributed by atoms with van der Waals surface area (Å²) >= 11 is 40.8. The molecule has 135 heavy (non-hydrogen) atoms. The van der Waals surface area contributed by atoms with Crippen molar-refractivity contribution in [2.45, 2.75) is 51.9 Å². The molecule has 0 spiro atoms. The Labute approximate surface area is 810 Å². The minimum Gasteiger partial charge on any atom is -0.382 e. The number of nitrogens with two attached hydrogens (primary N) is 3. The third kappa shape index (κ3) is 28.2. The smallest absolute Gasteiger partial charge is 0.325 e. The molecule has 0 saturated carbocycles. The number of carbonyl (C=O) groups is 4. The van der Waals surface area contributed by atoms with Crippen molar-refractivity contribution in [1.29, 1.82) is 21.0 Å². The molecule has 16 rings (SSSR count). The van der Waals surface area contributed by atoms with Crippen LogP contribution in [0.25, 0.3) is 54.6 Å². The van der Waals surface area contributed by atoms with Gasteiger partial charge in [-0.3, -0.25) is 40.0 Å². The zero-order chi connectivity index (χ0) is 95.5. The highest BCUT2D eigenvalue weighted by molar-refractivity contribution is 7.16. The van der Waals surface area contributed by atoms with Crippen LogP contribution < -0.4 is 75.7 Å². The van der Waals surface area contributed by atoms with E-state index >= 15 is 0 Å². The monoisotopic (exact) mass is 2010 g/mol. The minimum absolute atomic E-state index is 0.258. The van der Waals surface area contributed by atoms with Gasteiger partial charge in [0.2, 0.25) is 0 Å². The van der Waals surface area contributed by atoms with Crippen LogP contribution in [-0.2, 0) is 51.9 Å². The van der Waals surface area contributed by atoms with Crippen LogP contribution in [-0.4, -0.2) is 174 Å². The van der Waals surface area contributed by atoms with Gasteiger partial charge in [-0.1, -0.05) is 51.5 Å². The number of azide groups is 1. The molecule has 12 aromatic heterocycles. The van der Waals surface area contributed by atoms with Crippen molar-refractivity contribution in [2.75, 3.05) is 115 Å². The van der Waals surface area contributed by atoms with E-state index in [9.17, 15) is 19.2 Å². The number of hydrogen-bond acceptors (Lipinski definition) is 35. The fourth-order valence-electron chi connectivity index (χ4n) is 12.0. The number of halogens is 6. The molecule has 0 saturated heterocycles. The number of benzene rings is 4. The second-order valence-corrected chi connectivity index (χ2v) is 33.9. The summed E-state index contributed by atoms with van der Waals surface area (Å²) in [6, 6.07) is 24.7. The average molecular weight is 2010 g/mol. The number of urea groups is 4. The Kier molecular flexibility index (Phi) is 36.5. The molecule has 0 fully saturated rings. The van der Waals surface area contributed by atoms with E-state index in [2.05, 4.69) is 149 Å². The first-order chi connectivity index (χ1) is 65.6. The fourth-order valence-corrected chi connectivity index (χ4v) is 16.5. The van der Waals surface area contributed by atoms with Gasteiger partial charge in [-0.25, -0.2) is 79.0 Å². The molecule has 0 aliphatic carbocycles. The largest absolute Gasteiger partial charge is 0.382 e. The summed E-state index contributed by atoms with van der Waals surface area (Å²) in [5.41, 5.74) is 34.6. The maximum absolute atomic E-state index is 12.3. The minimum atomic E-state index is -0.470. The second kappa shape index (κ2) is 49.9. The predicted molar refractivity (Wildman–Crippen MR) is 523 cm³/mol. The van der Waals surface area contributed by atoms with Crippen LogP contribution in [0.2, 0.25) is 20.1 Å². The Morgan fingerprint density at radius 2 is 0.681 bits per heavy atom. The summed E-state index contributed by atoms with van der Waals surface area (Å²) in [4.78, 5) is 106. The molecule has 0 aliphatic heterocycles. The maximum Gasteiger partial charge on any atom is 0.325 e. The van der Waals surface area contributed by atoms with Gasteiger partial charge in [-0.2, -0.15) is 41.4 Å². The molecule has 8 amide bonds. The third-order valence-corrected chi connectivity index (χ3v) is 23.5. The first-order valence-corrected chi connectivity index (χ1v) is 45.6.